The Morgan fingerprint density at radius 1 is 1.27 bits per heavy atom. The molecule has 2 saturated heterocycles. The molecule has 3 aliphatic heterocycles. The number of cyclic esters (lactones) is 1. The highest BCUT2D eigenvalue weighted by Gasteiger charge is 2.84. The number of furan rings is 1. The number of aliphatic hydroxyl groups excluding tert-OH is 1. The Kier molecular flexibility index (Phi) is 7.16. The van der Waals surface area contributed by atoms with Crippen LogP contribution >= 0.6 is 0 Å². The number of allylic oxidation sites excluding steroid dienone is 1. The lowest BCUT2D eigenvalue weighted by atomic mass is 9.48. The van der Waals surface area contributed by atoms with E-state index in [9.17, 15) is 24.3 Å². The Labute approximate surface area is 255 Å². The number of fused-ring (bicyclic) bond motifs is 1. The predicted octanol–water partition coefficient (Wildman–Crippen LogP) is 3.40. The average Bonchev–Trinajstić information content (AvgIpc) is 3.37. The summed E-state index contributed by atoms with van der Waals surface area (Å²) >= 11 is 0. The van der Waals surface area contributed by atoms with Crippen molar-refractivity contribution in [2.45, 2.75) is 95.4 Å². The van der Waals surface area contributed by atoms with Crippen LogP contribution < -0.4 is 0 Å². The van der Waals surface area contributed by atoms with Gasteiger partial charge in [0, 0.05) is 29.2 Å². The molecule has 11 nitrogen and oxygen atoms in total. The van der Waals surface area contributed by atoms with Crippen LogP contribution in [0.4, 0.5) is 0 Å². The van der Waals surface area contributed by atoms with Crippen LogP contribution in [0.5, 0.6) is 0 Å². The lowest BCUT2D eigenvalue weighted by Crippen LogP contribution is -2.67. The van der Waals surface area contributed by atoms with Gasteiger partial charge >= 0.3 is 17.9 Å². The Balaban J connectivity index is 1.54. The third-order valence-corrected chi connectivity index (χ3v) is 11.6. The molecule has 238 valence electrons. The lowest BCUT2D eigenvalue weighted by Gasteiger charge is -2.59. The molecule has 4 fully saturated rings. The van der Waals surface area contributed by atoms with Crippen molar-refractivity contribution in [2.75, 3.05) is 6.61 Å². The molecule has 12 atom stereocenters. The Bertz CT molecular complexity index is 1400. The first-order valence-electron chi connectivity index (χ1n) is 15.2. The minimum atomic E-state index is -1.42. The standard InChI is InChI=1S/C33H40O11/c1-7-17(2)26(37)29(38)42-28-27(41-16-34)25(30(4)10-8-23(35)44-31(5)15-40-24(36)13-21(30)31)18(3)33-22(43-33)12-20(32(28,33)6)19-9-11-39-14-19/h8-11,14,16-17,20-22,25-28,37H,3,7,12-13,15H2,1-2,4-6H3. The van der Waals surface area contributed by atoms with E-state index in [4.69, 9.17) is 28.1 Å². The van der Waals surface area contributed by atoms with E-state index in [1.165, 1.54) is 6.08 Å². The largest absolute Gasteiger partial charge is 0.472 e. The van der Waals surface area contributed by atoms with E-state index in [0.29, 0.717) is 24.9 Å². The number of ether oxygens (including phenoxy) is 5. The van der Waals surface area contributed by atoms with E-state index >= 15 is 0 Å². The maximum absolute atomic E-state index is 13.6. The maximum Gasteiger partial charge on any atom is 0.335 e. The summed E-state index contributed by atoms with van der Waals surface area (Å²) in [5.41, 5.74) is -2.82. The summed E-state index contributed by atoms with van der Waals surface area (Å²) in [4.78, 5) is 51.5. The molecule has 44 heavy (non-hydrogen) atoms. The molecule has 2 aliphatic carbocycles. The second kappa shape index (κ2) is 10.3. The second-order valence-corrected chi connectivity index (χ2v) is 13.7. The zero-order valence-electron chi connectivity index (χ0n) is 25.6. The molecule has 5 aliphatic rings. The molecule has 0 bridgehead atoms. The summed E-state index contributed by atoms with van der Waals surface area (Å²) in [6.07, 6.45) is 3.26. The monoisotopic (exact) mass is 612 g/mol. The number of carbonyl (C=O) groups is 4. The van der Waals surface area contributed by atoms with Crippen molar-refractivity contribution < 1.29 is 52.4 Å². The van der Waals surface area contributed by atoms with Gasteiger partial charge in [0.2, 0.25) is 0 Å². The summed E-state index contributed by atoms with van der Waals surface area (Å²) in [7, 11) is 0. The van der Waals surface area contributed by atoms with E-state index in [-0.39, 0.29) is 31.0 Å². The fraction of sp³-hybridized carbons (Fsp3) is 0.636. The molecular weight excluding hydrogens is 572 g/mol. The minimum Gasteiger partial charge on any atom is -0.472 e. The normalized spacial score (nSPS) is 43.7. The van der Waals surface area contributed by atoms with Gasteiger partial charge in [-0.25, -0.2) is 9.59 Å². The van der Waals surface area contributed by atoms with Crippen molar-refractivity contribution in [3.63, 3.8) is 0 Å². The molecule has 0 radical (unpaired) electrons. The zero-order valence-corrected chi connectivity index (χ0v) is 25.6. The molecule has 6 rings (SSSR count). The Morgan fingerprint density at radius 3 is 2.68 bits per heavy atom. The first kappa shape index (κ1) is 30.6. The van der Waals surface area contributed by atoms with Gasteiger partial charge < -0.3 is 33.2 Å². The van der Waals surface area contributed by atoms with E-state index in [2.05, 4.69) is 6.58 Å². The predicted molar refractivity (Wildman–Crippen MR) is 151 cm³/mol. The molecule has 1 aromatic heterocycles. The molecular formula is C33H40O11. The fourth-order valence-corrected chi connectivity index (χ4v) is 9.01. The molecule has 1 N–H and O–H groups in total. The lowest BCUT2D eigenvalue weighted by molar-refractivity contribution is -0.218. The van der Waals surface area contributed by atoms with Crippen LogP contribution in [-0.4, -0.2) is 71.7 Å². The van der Waals surface area contributed by atoms with Crippen molar-refractivity contribution in [3.8, 4) is 0 Å². The SMILES string of the molecule is C=C1C(C2(C)C=CC(=O)OC3(C)COC(=O)CC32)C(OC=O)C(OC(=O)C(O)C(C)CC)C2(C)C(c3ccoc3)CC3OC132. The van der Waals surface area contributed by atoms with Crippen LogP contribution in [0, 0.1) is 28.6 Å². The van der Waals surface area contributed by atoms with Gasteiger partial charge in [-0.15, -0.1) is 0 Å². The van der Waals surface area contributed by atoms with Gasteiger partial charge in [0.15, 0.2) is 6.10 Å². The van der Waals surface area contributed by atoms with Gasteiger partial charge in [-0.1, -0.05) is 46.8 Å². The van der Waals surface area contributed by atoms with Gasteiger partial charge in [-0.3, -0.25) is 9.59 Å². The van der Waals surface area contributed by atoms with E-state index in [1.807, 2.05) is 26.8 Å². The van der Waals surface area contributed by atoms with Crippen molar-refractivity contribution in [1.82, 2.24) is 0 Å². The average molecular weight is 613 g/mol. The van der Waals surface area contributed by atoms with Gasteiger partial charge in [0.05, 0.1) is 30.5 Å². The van der Waals surface area contributed by atoms with Crippen LogP contribution in [0.2, 0.25) is 0 Å². The quantitative estimate of drug-likeness (QED) is 0.151. The number of carbonyl (C=O) groups excluding carboxylic acids is 4. The van der Waals surface area contributed by atoms with E-state index in [1.54, 1.807) is 32.4 Å². The van der Waals surface area contributed by atoms with Crippen molar-refractivity contribution in [3.05, 3.63) is 48.5 Å². The second-order valence-electron chi connectivity index (χ2n) is 13.7. The summed E-state index contributed by atoms with van der Waals surface area (Å²) in [5.74, 6) is -3.94. The first-order chi connectivity index (χ1) is 20.8. The number of aliphatic hydroxyl groups is 1. The molecule has 1 aromatic rings. The van der Waals surface area contributed by atoms with Crippen LogP contribution in [0.1, 0.15) is 65.4 Å². The van der Waals surface area contributed by atoms with E-state index in [0.717, 1.165) is 5.56 Å². The topological polar surface area (TPSA) is 151 Å². The third kappa shape index (κ3) is 4.07. The van der Waals surface area contributed by atoms with Gasteiger partial charge in [-0.2, -0.15) is 0 Å². The molecule has 0 amide bonds. The van der Waals surface area contributed by atoms with Crippen LogP contribution in [0.15, 0.2) is 47.3 Å². The first-order valence-corrected chi connectivity index (χ1v) is 15.2. The summed E-state index contributed by atoms with van der Waals surface area (Å²) in [6.45, 7) is 13.9. The van der Waals surface area contributed by atoms with Gasteiger partial charge in [0.1, 0.15) is 30.0 Å². The molecule has 12 unspecified atom stereocenters. The summed E-state index contributed by atoms with van der Waals surface area (Å²) in [6, 6.07) is 1.85. The van der Waals surface area contributed by atoms with E-state index < -0.39 is 70.1 Å². The number of rotatable bonds is 8. The number of esters is 3. The maximum atomic E-state index is 13.6. The number of epoxide rings is 1. The molecule has 11 heteroatoms. The Hall–Kier alpha value is -3.44. The molecule has 1 spiro atoms. The molecule has 4 heterocycles. The smallest absolute Gasteiger partial charge is 0.335 e. The minimum absolute atomic E-state index is 0.0778. The Morgan fingerprint density at radius 2 is 2.02 bits per heavy atom. The number of hydrogen-bond donors (Lipinski definition) is 1. The molecule has 2 saturated carbocycles. The summed E-state index contributed by atoms with van der Waals surface area (Å²) < 4.78 is 35.4. The highest BCUT2D eigenvalue weighted by molar-refractivity contribution is 5.83. The van der Waals surface area contributed by atoms with Gasteiger partial charge in [-0.05, 0) is 36.5 Å². The number of hydrogen-bond acceptors (Lipinski definition) is 11. The zero-order chi connectivity index (χ0) is 31.8. The third-order valence-electron chi connectivity index (χ3n) is 11.6. The van der Waals surface area contributed by atoms with Crippen LogP contribution in [0.25, 0.3) is 0 Å². The van der Waals surface area contributed by atoms with Crippen molar-refractivity contribution >= 4 is 24.4 Å². The highest BCUT2D eigenvalue weighted by Crippen LogP contribution is 2.76. The van der Waals surface area contributed by atoms with Crippen LogP contribution in [0.3, 0.4) is 0 Å². The van der Waals surface area contributed by atoms with Crippen molar-refractivity contribution in [1.29, 1.82) is 0 Å². The highest BCUT2D eigenvalue weighted by atomic mass is 16.6. The molecule has 0 aromatic carbocycles. The fourth-order valence-electron chi connectivity index (χ4n) is 9.01. The van der Waals surface area contributed by atoms with Gasteiger partial charge in [0.25, 0.3) is 6.47 Å². The van der Waals surface area contributed by atoms with Crippen molar-refractivity contribution in [2.24, 2.45) is 28.6 Å². The van der Waals surface area contributed by atoms with Crippen LogP contribution in [-0.2, 0) is 42.9 Å². The summed E-state index contributed by atoms with van der Waals surface area (Å²) in [5, 5.41) is 10.9.